The van der Waals surface area contributed by atoms with Gasteiger partial charge < -0.3 is 4.74 Å². The van der Waals surface area contributed by atoms with Crippen LogP contribution in [-0.4, -0.2) is 27.7 Å². The van der Waals surface area contributed by atoms with Gasteiger partial charge in [0.2, 0.25) is 4.77 Å². The first kappa shape index (κ1) is 13.5. The van der Waals surface area contributed by atoms with Crippen LogP contribution in [0.15, 0.2) is 29.4 Å². The molecule has 2 rings (SSSR count). The van der Waals surface area contributed by atoms with E-state index in [1.165, 1.54) is 0 Å². The van der Waals surface area contributed by atoms with Crippen molar-refractivity contribution in [3.05, 3.63) is 40.4 Å². The predicted molar refractivity (Wildman–Crippen MR) is 77.4 cm³/mol. The third-order valence-electron chi connectivity index (χ3n) is 2.51. The van der Waals surface area contributed by atoms with Gasteiger partial charge in [0.05, 0.1) is 12.8 Å². The summed E-state index contributed by atoms with van der Waals surface area (Å²) < 4.78 is 7.71. The Morgan fingerprint density at radius 2 is 2.26 bits per heavy atom. The van der Waals surface area contributed by atoms with Crippen LogP contribution in [0.25, 0.3) is 0 Å². The Morgan fingerprint density at radius 1 is 1.47 bits per heavy atom. The molecule has 0 saturated carbocycles. The summed E-state index contributed by atoms with van der Waals surface area (Å²) in [5, 5.41) is 11.0. The Hall–Kier alpha value is -1.95. The normalized spacial score (nSPS) is 11.1. The van der Waals surface area contributed by atoms with Gasteiger partial charge in [-0.25, -0.2) is 0 Å². The molecule has 6 heteroatoms. The van der Waals surface area contributed by atoms with Crippen molar-refractivity contribution in [1.82, 2.24) is 14.9 Å². The quantitative estimate of drug-likeness (QED) is 0.675. The zero-order chi connectivity index (χ0) is 13.7. The fraction of sp³-hybridized carbons (Fsp3) is 0.308. The molecule has 1 heterocycles. The van der Waals surface area contributed by atoms with Crippen molar-refractivity contribution in [3.8, 4) is 5.75 Å². The molecule has 0 bridgehead atoms. The second-order valence-electron chi connectivity index (χ2n) is 4.02. The Balaban J connectivity index is 2.26. The minimum absolute atomic E-state index is 0.473. The maximum Gasteiger partial charge on any atom is 0.216 e. The van der Waals surface area contributed by atoms with Gasteiger partial charge in [-0.1, -0.05) is 19.1 Å². The summed E-state index contributed by atoms with van der Waals surface area (Å²) in [7, 11) is 0. The van der Waals surface area contributed by atoms with Crippen LogP contribution in [-0.2, 0) is 0 Å². The van der Waals surface area contributed by atoms with Gasteiger partial charge in [0.1, 0.15) is 11.6 Å². The summed E-state index contributed by atoms with van der Waals surface area (Å²) in [6.45, 7) is 4.60. The number of aromatic amines is 1. The molecule has 1 aromatic heterocycles. The highest BCUT2D eigenvalue weighted by Crippen LogP contribution is 2.16. The van der Waals surface area contributed by atoms with Gasteiger partial charge in [0.15, 0.2) is 0 Å². The van der Waals surface area contributed by atoms with Crippen molar-refractivity contribution in [1.29, 1.82) is 0 Å². The second-order valence-corrected chi connectivity index (χ2v) is 4.41. The zero-order valence-electron chi connectivity index (χ0n) is 11.0. The van der Waals surface area contributed by atoms with E-state index in [9.17, 15) is 0 Å². The zero-order valence-corrected chi connectivity index (χ0v) is 11.8. The molecule has 100 valence electrons. The Morgan fingerprint density at radius 3 is 2.95 bits per heavy atom. The Labute approximate surface area is 116 Å². The lowest BCUT2D eigenvalue weighted by Crippen LogP contribution is -1.99. The predicted octanol–water partition coefficient (Wildman–Crippen LogP) is 2.92. The summed E-state index contributed by atoms with van der Waals surface area (Å²) in [6, 6.07) is 7.77. The van der Waals surface area contributed by atoms with Crippen LogP contribution < -0.4 is 4.74 Å². The van der Waals surface area contributed by atoms with E-state index < -0.39 is 0 Å². The smallest absolute Gasteiger partial charge is 0.216 e. The number of aryl methyl sites for hydroxylation is 1. The summed E-state index contributed by atoms with van der Waals surface area (Å²) in [5.74, 6) is 1.54. The van der Waals surface area contributed by atoms with Crippen LogP contribution in [0.1, 0.15) is 24.7 Å². The fourth-order valence-electron chi connectivity index (χ4n) is 1.56. The molecule has 0 radical (unpaired) electrons. The average molecular weight is 276 g/mol. The average Bonchev–Trinajstić information content (AvgIpc) is 2.74. The molecule has 0 spiro atoms. The topological polar surface area (TPSA) is 55.2 Å². The summed E-state index contributed by atoms with van der Waals surface area (Å²) in [5.41, 5.74) is 0.915. The van der Waals surface area contributed by atoms with E-state index in [0.29, 0.717) is 17.2 Å². The lowest BCUT2D eigenvalue weighted by molar-refractivity contribution is 0.317. The van der Waals surface area contributed by atoms with Crippen molar-refractivity contribution < 1.29 is 4.74 Å². The van der Waals surface area contributed by atoms with Crippen molar-refractivity contribution in [2.24, 2.45) is 5.10 Å². The largest absolute Gasteiger partial charge is 0.493 e. The molecule has 1 aromatic carbocycles. The van der Waals surface area contributed by atoms with Crippen LogP contribution in [0.3, 0.4) is 0 Å². The van der Waals surface area contributed by atoms with E-state index in [-0.39, 0.29) is 0 Å². The summed E-state index contributed by atoms with van der Waals surface area (Å²) in [4.78, 5) is 0. The lowest BCUT2D eigenvalue weighted by Gasteiger charge is -2.07. The van der Waals surface area contributed by atoms with E-state index >= 15 is 0 Å². The van der Waals surface area contributed by atoms with Gasteiger partial charge in [0, 0.05) is 5.56 Å². The number of aromatic nitrogens is 3. The number of nitrogens with zero attached hydrogens (tertiary/aromatic N) is 3. The lowest BCUT2D eigenvalue weighted by atomic mass is 10.2. The highest BCUT2D eigenvalue weighted by atomic mass is 32.1. The first-order valence-corrected chi connectivity index (χ1v) is 6.53. The number of H-pyrrole nitrogens is 1. The van der Waals surface area contributed by atoms with E-state index in [4.69, 9.17) is 17.0 Å². The molecular formula is C13H16N4OS. The molecule has 2 aromatic rings. The number of nitrogens with one attached hydrogen (secondary N) is 1. The molecule has 0 aliphatic rings. The maximum atomic E-state index is 5.67. The van der Waals surface area contributed by atoms with Crippen molar-refractivity contribution in [2.75, 3.05) is 6.61 Å². The fourth-order valence-corrected chi connectivity index (χ4v) is 1.78. The van der Waals surface area contributed by atoms with Gasteiger partial charge in [-0.05, 0) is 37.7 Å². The second kappa shape index (κ2) is 6.29. The van der Waals surface area contributed by atoms with Gasteiger partial charge in [-0.3, -0.25) is 5.10 Å². The molecule has 0 saturated heterocycles. The Bertz CT molecular complexity index is 630. The molecule has 0 fully saturated rings. The number of ether oxygens (including phenoxy) is 1. The highest BCUT2D eigenvalue weighted by molar-refractivity contribution is 7.71. The van der Waals surface area contributed by atoms with E-state index in [1.54, 1.807) is 10.9 Å². The number of hydrogen-bond donors (Lipinski definition) is 1. The van der Waals surface area contributed by atoms with Gasteiger partial charge in [-0.2, -0.15) is 14.9 Å². The molecule has 19 heavy (non-hydrogen) atoms. The summed E-state index contributed by atoms with van der Waals surface area (Å²) >= 11 is 5.09. The Kier molecular flexibility index (Phi) is 4.46. The van der Waals surface area contributed by atoms with Gasteiger partial charge >= 0.3 is 0 Å². The number of rotatable bonds is 5. The highest BCUT2D eigenvalue weighted by Gasteiger charge is 2.01. The summed E-state index contributed by atoms with van der Waals surface area (Å²) in [6.07, 6.45) is 2.70. The van der Waals surface area contributed by atoms with Crippen LogP contribution >= 0.6 is 12.2 Å². The van der Waals surface area contributed by atoms with Crippen LogP contribution in [0.5, 0.6) is 5.75 Å². The van der Waals surface area contributed by atoms with Crippen molar-refractivity contribution >= 4 is 18.4 Å². The van der Waals surface area contributed by atoms with Crippen LogP contribution in [0.4, 0.5) is 0 Å². The third-order valence-corrected chi connectivity index (χ3v) is 2.77. The van der Waals surface area contributed by atoms with Gasteiger partial charge in [-0.15, -0.1) is 0 Å². The molecule has 0 unspecified atom stereocenters. The molecule has 0 atom stereocenters. The van der Waals surface area contributed by atoms with Crippen LogP contribution in [0.2, 0.25) is 0 Å². The molecular weight excluding hydrogens is 260 g/mol. The number of para-hydroxylation sites is 1. The number of benzene rings is 1. The minimum atomic E-state index is 0.473. The maximum absolute atomic E-state index is 5.67. The molecule has 0 aliphatic carbocycles. The van der Waals surface area contributed by atoms with Crippen molar-refractivity contribution in [3.63, 3.8) is 0 Å². The first-order valence-electron chi connectivity index (χ1n) is 6.12. The SMILES string of the molecule is CCCOc1ccccc1/C=N/n1c(C)n[nH]c1=S. The van der Waals surface area contributed by atoms with E-state index in [1.807, 2.05) is 31.2 Å². The molecule has 5 nitrogen and oxygen atoms in total. The minimum Gasteiger partial charge on any atom is -0.493 e. The standard InChI is InChI=1S/C13H16N4OS/c1-3-8-18-12-7-5-4-6-11(12)9-14-17-10(2)15-16-13(17)19/h4-7,9H,3,8H2,1-2H3,(H,16,19)/b14-9+. The van der Waals surface area contributed by atoms with E-state index in [0.717, 1.165) is 17.7 Å². The third kappa shape index (κ3) is 3.29. The first-order chi connectivity index (χ1) is 9.22. The monoisotopic (exact) mass is 276 g/mol. The number of hydrogen-bond acceptors (Lipinski definition) is 4. The molecule has 1 N–H and O–H groups in total. The molecule has 0 amide bonds. The van der Waals surface area contributed by atoms with Gasteiger partial charge in [0.25, 0.3) is 0 Å². The molecule has 0 aliphatic heterocycles. The van der Waals surface area contributed by atoms with E-state index in [2.05, 4.69) is 22.2 Å². The van der Waals surface area contributed by atoms with Crippen molar-refractivity contribution in [2.45, 2.75) is 20.3 Å². The van der Waals surface area contributed by atoms with Crippen LogP contribution in [0, 0.1) is 11.7 Å².